The number of hydrogen-bond acceptors (Lipinski definition) is 6. The molecule has 3 aromatic rings. The van der Waals surface area contributed by atoms with Gasteiger partial charge in [0.1, 0.15) is 5.82 Å². The Balaban J connectivity index is 1.59. The highest BCUT2D eigenvalue weighted by molar-refractivity contribution is 9.10. The van der Waals surface area contributed by atoms with Crippen molar-refractivity contribution in [3.63, 3.8) is 0 Å². The standard InChI is InChI=1S/C20H17BrF3N7O/c1-10-4-15(22)13(18-28-30-31(29-18)12-7-20(23,24)8-12)6-16(10)27-19(32)14(9-25)17-5-11(21)2-3-26-17/h2-6,9,12H,7-8,25H2,1H3,(H,27,32)/b14-9+. The van der Waals surface area contributed by atoms with E-state index in [2.05, 4.69) is 41.6 Å². The highest BCUT2D eigenvalue weighted by atomic mass is 79.9. The van der Waals surface area contributed by atoms with Crippen LogP contribution >= 0.6 is 15.9 Å². The first-order chi connectivity index (χ1) is 15.2. The maximum atomic E-state index is 14.6. The number of tetrazole rings is 1. The molecule has 0 atom stereocenters. The summed E-state index contributed by atoms with van der Waals surface area (Å²) in [5, 5.41) is 14.3. The molecule has 0 unspecified atom stereocenters. The molecular weight excluding hydrogens is 491 g/mol. The van der Waals surface area contributed by atoms with Gasteiger partial charge in [-0.15, -0.1) is 10.2 Å². The molecule has 4 rings (SSSR count). The van der Waals surface area contributed by atoms with Crippen LogP contribution in [-0.4, -0.2) is 37.0 Å². The molecule has 32 heavy (non-hydrogen) atoms. The topological polar surface area (TPSA) is 112 Å². The van der Waals surface area contributed by atoms with Crippen LogP contribution in [0.5, 0.6) is 0 Å². The number of aryl methyl sites for hydroxylation is 1. The molecule has 166 valence electrons. The molecule has 1 aliphatic rings. The smallest absolute Gasteiger partial charge is 0.259 e. The van der Waals surface area contributed by atoms with Crippen LogP contribution in [0.3, 0.4) is 0 Å². The minimum atomic E-state index is -2.75. The fourth-order valence-corrected chi connectivity index (χ4v) is 3.61. The first-order valence-electron chi connectivity index (χ1n) is 9.50. The second kappa shape index (κ2) is 8.34. The normalized spacial score (nSPS) is 16.0. The third kappa shape index (κ3) is 4.35. The zero-order chi connectivity index (χ0) is 23.0. The number of rotatable bonds is 5. The minimum absolute atomic E-state index is 0.0258. The maximum absolute atomic E-state index is 14.6. The third-order valence-corrected chi connectivity index (χ3v) is 5.53. The Kier molecular flexibility index (Phi) is 5.71. The number of nitrogens with one attached hydrogen (secondary N) is 1. The highest BCUT2D eigenvalue weighted by Gasteiger charge is 2.47. The van der Waals surface area contributed by atoms with Crippen LogP contribution in [0.25, 0.3) is 17.0 Å². The van der Waals surface area contributed by atoms with E-state index in [9.17, 15) is 18.0 Å². The maximum Gasteiger partial charge on any atom is 0.259 e. The van der Waals surface area contributed by atoms with Crippen molar-refractivity contribution in [1.82, 2.24) is 25.2 Å². The molecule has 1 saturated carbocycles. The van der Waals surface area contributed by atoms with Crippen molar-refractivity contribution in [1.29, 1.82) is 0 Å². The van der Waals surface area contributed by atoms with Crippen LogP contribution in [0, 0.1) is 12.7 Å². The Morgan fingerprint density at radius 3 is 2.75 bits per heavy atom. The van der Waals surface area contributed by atoms with E-state index in [4.69, 9.17) is 5.73 Å². The number of amides is 1. The zero-order valence-electron chi connectivity index (χ0n) is 16.7. The Bertz CT molecular complexity index is 1220. The van der Waals surface area contributed by atoms with Gasteiger partial charge in [0.05, 0.1) is 22.9 Å². The van der Waals surface area contributed by atoms with Gasteiger partial charge < -0.3 is 11.1 Å². The largest absolute Gasteiger partial charge is 0.404 e. The molecular formula is C20H17BrF3N7O. The number of pyridine rings is 1. The number of halogens is 4. The first kappa shape index (κ1) is 21.9. The van der Waals surface area contributed by atoms with E-state index in [1.807, 2.05) is 0 Å². The average molecular weight is 508 g/mol. The number of carbonyl (C=O) groups excluding carboxylic acids is 1. The van der Waals surface area contributed by atoms with Crippen LogP contribution in [0.15, 0.2) is 41.1 Å². The summed E-state index contributed by atoms with van der Waals surface area (Å²) in [5.74, 6) is -4.01. The van der Waals surface area contributed by atoms with Gasteiger partial charge in [-0.3, -0.25) is 9.78 Å². The molecule has 0 radical (unpaired) electrons. The monoisotopic (exact) mass is 507 g/mol. The quantitative estimate of drug-likeness (QED) is 0.507. The lowest BCUT2D eigenvalue weighted by atomic mass is 9.89. The van der Waals surface area contributed by atoms with Crippen LogP contribution < -0.4 is 11.1 Å². The Morgan fingerprint density at radius 2 is 2.09 bits per heavy atom. The summed E-state index contributed by atoms with van der Waals surface area (Å²) in [6, 6.07) is 5.33. The Labute approximate surface area is 188 Å². The van der Waals surface area contributed by atoms with E-state index in [1.165, 1.54) is 18.3 Å². The summed E-state index contributed by atoms with van der Waals surface area (Å²) in [7, 11) is 0. The molecule has 1 aromatic carbocycles. The van der Waals surface area contributed by atoms with Crippen molar-refractivity contribution in [3.05, 3.63) is 58.2 Å². The molecule has 0 aliphatic heterocycles. The highest BCUT2D eigenvalue weighted by Crippen LogP contribution is 2.44. The van der Waals surface area contributed by atoms with E-state index in [-0.39, 0.29) is 17.0 Å². The van der Waals surface area contributed by atoms with Gasteiger partial charge in [-0.2, -0.15) is 4.80 Å². The molecule has 1 aliphatic carbocycles. The first-order valence-corrected chi connectivity index (χ1v) is 10.3. The second-order valence-corrected chi connectivity index (χ2v) is 8.31. The van der Waals surface area contributed by atoms with E-state index in [0.717, 1.165) is 11.0 Å². The number of nitrogens with two attached hydrogens (primary N) is 1. The van der Waals surface area contributed by atoms with Crippen LogP contribution in [0.1, 0.15) is 30.1 Å². The van der Waals surface area contributed by atoms with Gasteiger partial charge >= 0.3 is 0 Å². The van der Waals surface area contributed by atoms with Gasteiger partial charge in [-0.05, 0) is 42.0 Å². The number of nitrogens with zero attached hydrogens (tertiary/aromatic N) is 5. The second-order valence-electron chi connectivity index (χ2n) is 7.39. The van der Waals surface area contributed by atoms with Crippen LogP contribution in [-0.2, 0) is 4.79 Å². The summed E-state index contributed by atoms with van der Waals surface area (Å²) >= 11 is 3.31. The summed E-state index contributed by atoms with van der Waals surface area (Å²) in [6.45, 7) is 1.62. The number of aromatic nitrogens is 5. The summed E-state index contributed by atoms with van der Waals surface area (Å²) < 4.78 is 41.6. The number of carbonyl (C=O) groups is 1. The number of alkyl halides is 2. The van der Waals surface area contributed by atoms with E-state index in [0.29, 0.717) is 21.4 Å². The zero-order valence-corrected chi connectivity index (χ0v) is 18.3. The van der Waals surface area contributed by atoms with Crippen molar-refractivity contribution < 1.29 is 18.0 Å². The SMILES string of the molecule is Cc1cc(F)c(-c2nnn(C3CC(F)(F)C3)n2)cc1NC(=O)/C(=C/N)c1cc(Br)ccn1. The summed E-state index contributed by atoms with van der Waals surface area (Å²) in [6.07, 6.45) is 1.87. The Morgan fingerprint density at radius 1 is 1.34 bits per heavy atom. The van der Waals surface area contributed by atoms with Crippen molar-refractivity contribution in [2.24, 2.45) is 5.73 Å². The van der Waals surface area contributed by atoms with E-state index < -0.39 is 36.5 Å². The molecule has 3 N–H and O–H groups in total. The number of benzene rings is 1. The Hall–Kier alpha value is -3.28. The molecule has 2 aromatic heterocycles. The van der Waals surface area contributed by atoms with Gasteiger partial charge in [-0.1, -0.05) is 15.9 Å². The molecule has 0 bridgehead atoms. The molecule has 0 saturated heterocycles. The molecule has 8 nitrogen and oxygen atoms in total. The number of hydrogen-bond donors (Lipinski definition) is 2. The molecule has 2 heterocycles. The van der Waals surface area contributed by atoms with Gasteiger partial charge in [0.25, 0.3) is 11.8 Å². The van der Waals surface area contributed by atoms with Gasteiger partial charge in [0.15, 0.2) is 0 Å². The third-order valence-electron chi connectivity index (χ3n) is 5.04. The fourth-order valence-electron chi connectivity index (χ4n) is 3.28. The minimum Gasteiger partial charge on any atom is -0.404 e. The van der Waals surface area contributed by atoms with E-state index in [1.54, 1.807) is 19.1 Å². The predicted molar refractivity (Wildman–Crippen MR) is 114 cm³/mol. The summed E-state index contributed by atoms with van der Waals surface area (Å²) in [5.41, 5.74) is 6.83. The molecule has 1 fully saturated rings. The van der Waals surface area contributed by atoms with Crippen molar-refractivity contribution >= 4 is 33.1 Å². The van der Waals surface area contributed by atoms with Crippen LogP contribution in [0.2, 0.25) is 0 Å². The van der Waals surface area contributed by atoms with E-state index >= 15 is 0 Å². The number of anilines is 1. The molecule has 12 heteroatoms. The van der Waals surface area contributed by atoms with Crippen LogP contribution in [0.4, 0.5) is 18.9 Å². The lowest BCUT2D eigenvalue weighted by molar-refractivity contribution is -0.111. The predicted octanol–water partition coefficient (Wildman–Crippen LogP) is 3.85. The van der Waals surface area contributed by atoms with Gasteiger partial charge in [-0.25, -0.2) is 13.2 Å². The average Bonchev–Trinajstić information content (AvgIpc) is 3.18. The lowest BCUT2D eigenvalue weighted by Crippen LogP contribution is -2.38. The molecule has 0 spiro atoms. The van der Waals surface area contributed by atoms with Crippen molar-refractivity contribution in [3.8, 4) is 11.4 Å². The lowest BCUT2D eigenvalue weighted by Gasteiger charge is -2.33. The fraction of sp³-hybridized carbons (Fsp3) is 0.250. The summed E-state index contributed by atoms with van der Waals surface area (Å²) in [4.78, 5) is 18.0. The molecule has 1 amide bonds. The van der Waals surface area contributed by atoms with Crippen molar-refractivity contribution in [2.45, 2.75) is 31.7 Å². The van der Waals surface area contributed by atoms with Gasteiger partial charge in [0, 0.05) is 35.4 Å². The van der Waals surface area contributed by atoms with Crippen molar-refractivity contribution in [2.75, 3.05) is 5.32 Å². The van der Waals surface area contributed by atoms with Gasteiger partial charge in [0.2, 0.25) is 5.82 Å².